The predicted octanol–water partition coefficient (Wildman–Crippen LogP) is 1.70. The molecule has 0 aliphatic carbocycles. The summed E-state index contributed by atoms with van der Waals surface area (Å²) >= 11 is 0. The second-order valence-electron chi connectivity index (χ2n) is 4.67. The Balaban J connectivity index is 1.82. The molecule has 19 heavy (non-hydrogen) atoms. The molecule has 1 aromatic heterocycles. The first kappa shape index (κ1) is 13.3. The van der Waals surface area contributed by atoms with Crippen LogP contribution < -0.4 is 0 Å². The minimum absolute atomic E-state index is 0.108. The summed E-state index contributed by atoms with van der Waals surface area (Å²) in [5.41, 5.74) is 2.42. The van der Waals surface area contributed by atoms with Gasteiger partial charge in [0.1, 0.15) is 12.2 Å². The maximum absolute atomic E-state index is 12.0. The van der Waals surface area contributed by atoms with E-state index in [1.165, 1.54) is 17.5 Å². The van der Waals surface area contributed by atoms with E-state index in [9.17, 15) is 4.79 Å². The minimum atomic E-state index is 0.108. The van der Waals surface area contributed by atoms with E-state index in [4.69, 9.17) is 0 Å². The molecule has 100 valence electrons. The molecule has 0 saturated carbocycles. The Morgan fingerprint density at radius 3 is 2.68 bits per heavy atom. The highest BCUT2D eigenvalue weighted by atomic mass is 16.2. The number of aryl methyl sites for hydroxylation is 2. The molecular formula is C14H18N4O. The van der Waals surface area contributed by atoms with Crippen molar-refractivity contribution in [3.8, 4) is 0 Å². The number of hydrogen-bond acceptors (Lipinski definition) is 3. The topological polar surface area (TPSA) is 61.9 Å². The lowest BCUT2D eigenvalue weighted by atomic mass is 10.1. The molecule has 0 aliphatic rings. The average molecular weight is 258 g/mol. The summed E-state index contributed by atoms with van der Waals surface area (Å²) in [5, 5.41) is 6.51. The monoisotopic (exact) mass is 258 g/mol. The van der Waals surface area contributed by atoms with Crippen molar-refractivity contribution >= 4 is 5.91 Å². The molecule has 0 aliphatic heterocycles. The maximum Gasteiger partial charge on any atom is 0.223 e. The van der Waals surface area contributed by atoms with Crippen molar-refractivity contribution in [2.75, 3.05) is 7.05 Å². The van der Waals surface area contributed by atoms with Crippen molar-refractivity contribution in [1.82, 2.24) is 20.1 Å². The van der Waals surface area contributed by atoms with Gasteiger partial charge in [0.2, 0.25) is 5.91 Å². The van der Waals surface area contributed by atoms with Crippen molar-refractivity contribution in [3.63, 3.8) is 0 Å². The quantitative estimate of drug-likeness (QED) is 0.888. The first-order valence-corrected chi connectivity index (χ1v) is 6.29. The highest BCUT2D eigenvalue weighted by Crippen LogP contribution is 2.07. The number of amides is 1. The zero-order valence-electron chi connectivity index (χ0n) is 11.3. The standard InChI is InChI=1S/C14H18N4O/c1-11-3-5-12(6-4-11)7-8-14(19)18(2)9-13-15-10-16-17-13/h3-6,10H,7-9H2,1-2H3,(H,15,16,17). The van der Waals surface area contributed by atoms with Crippen molar-refractivity contribution in [1.29, 1.82) is 0 Å². The smallest absolute Gasteiger partial charge is 0.223 e. The Bertz CT molecular complexity index is 519. The highest BCUT2D eigenvalue weighted by molar-refractivity contribution is 5.76. The first-order valence-electron chi connectivity index (χ1n) is 6.29. The Morgan fingerprint density at radius 1 is 1.32 bits per heavy atom. The molecule has 0 radical (unpaired) electrons. The van der Waals surface area contributed by atoms with Crippen LogP contribution in [0.2, 0.25) is 0 Å². The molecule has 0 spiro atoms. The summed E-state index contributed by atoms with van der Waals surface area (Å²) < 4.78 is 0. The van der Waals surface area contributed by atoms with Crippen LogP contribution in [0, 0.1) is 6.92 Å². The van der Waals surface area contributed by atoms with Crippen molar-refractivity contribution < 1.29 is 4.79 Å². The number of benzene rings is 1. The van der Waals surface area contributed by atoms with Crippen LogP contribution in [0.5, 0.6) is 0 Å². The van der Waals surface area contributed by atoms with Crippen LogP contribution in [0.1, 0.15) is 23.4 Å². The van der Waals surface area contributed by atoms with Crippen LogP contribution in [-0.2, 0) is 17.8 Å². The lowest BCUT2D eigenvalue weighted by molar-refractivity contribution is -0.130. The van der Waals surface area contributed by atoms with Gasteiger partial charge < -0.3 is 4.90 Å². The van der Waals surface area contributed by atoms with Crippen LogP contribution in [0.15, 0.2) is 30.6 Å². The van der Waals surface area contributed by atoms with Crippen molar-refractivity contribution in [2.45, 2.75) is 26.3 Å². The number of hydrogen-bond donors (Lipinski definition) is 1. The number of carbonyl (C=O) groups is 1. The number of aromatic nitrogens is 3. The third kappa shape index (κ3) is 3.91. The molecule has 1 heterocycles. The molecule has 5 nitrogen and oxygen atoms in total. The molecule has 0 atom stereocenters. The number of H-pyrrole nitrogens is 1. The molecule has 1 amide bonds. The summed E-state index contributed by atoms with van der Waals surface area (Å²) in [6, 6.07) is 8.27. The largest absolute Gasteiger partial charge is 0.338 e. The Kier molecular flexibility index (Phi) is 4.28. The molecule has 1 N–H and O–H groups in total. The van der Waals surface area contributed by atoms with Gasteiger partial charge in [-0.25, -0.2) is 4.98 Å². The van der Waals surface area contributed by atoms with E-state index in [-0.39, 0.29) is 5.91 Å². The summed E-state index contributed by atoms with van der Waals surface area (Å²) in [6.45, 7) is 2.52. The SMILES string of the molecule is Cc1ccc(CCC(=O)N(C)Cc2ncn[nH]2)cc1. The number of carbonyl (C=O) groups excluding carboxylic acids is 1. The summed E-state index contributed by atoms with van der Waals surface area (Å²) in [5.74, 6) is 0.808. The van der Waals surface area contributed by atoms with E-state index in [2.05, 4.69) is 46.4 Å². The van der Waals surface area contributed by atoms with Gasteiger partial charge in [-0.1, -0.05) is 29.8 Å². The molecule has 0 bridgehead atoms. The predicted molar refractivity (Wildman–Crippen MR) is 72.4 cm³/mol. The van der Waals surface area contributed by atoms with Crippen LogP contribution in [0.4, 0.5) is 0 Å². The zero-order valence-corrected chi connectivity index (χ0v) is 11.3. The average Bonchev–Trinajstić information content (AvgIpc) is 2.90. The van der Waals surface area contributed by atoms with Gasteiger partial charge in [0.25, 0.3) is 0 Å². The summed E-state index contributed by atoms with van der Waals surface area (Å²) in [7, 11) is 1.78. The lowest BCUT2D eigenvalue weighted by Crippen LogP contribution is -2.26. The summed E-state index contributed by atoms with van der Waals surface area (Å²) in [4.78, 5) is 17.6. The van der Waals surface area contributed by atoms with Crippen LogP contribution in [-0.4, -0.2) is 33.0 Å². The number of aromatic amines is 1. The van der Waals surface area contributed by atoms with Gasteiger partial charge >= 0.3 is 0 Å². The number of rotatable bonds is 5. The molecule has 2 rings (SSSR count). The van der Waals surface area contributed by atoms with E-state index in [0.29, 0.717) is 18.8 Å². The second-order valence-corrected chi connectivity index (χ2v) is 4.67. The fraction of sp³-hybridized carbons (Fsp3) is 0.357. The van der Waals surface area contributed by atoms with Crippen LogP contribution in [0.3, 0.4) is 0 Å². The molecule has 1 aromatic carbocycles. The molecule has 5 heteroatoms. The Hall–Kier alpha value is -2.17. The molecular weight excluding hydrogens is 240 g/mol. The van der Waals surface area contributed by atoms with E-state index in [1.54, 1.807) is 11.9 Å². The fourth-order valence-corrected chi connectivity index (χ4v) is 1.82. The van der Waals surface area contributed by atoms with Gasteiger partial charge in [-0.05, 0) is 18.9 Å². The highest BCUT2D eigenvalue weighted by Gasteiger charge is 2.10. The third-order valence-corrected chi connectivity index (χ3v) is 3.03. The van der Waals surface area contributed by atoms with E-state index in [1.807, 2.05) is 0 Å². The van der Waals surface area contributed by atoms with Gasteiger partial charge in [0, 0.05) is 13.5 Å². The number of nitrogens with zero attached hydrogens (tertiary/aromatic N) is 3. The molecule has 0 fully saturated rings. The fourth-order valence-electron chi connectivity index (χ4n) is 1.82. The van der Waals surface area contributed by atoms with E-state index >= 15 is 0 Å². The van der Waals surface area contributed by atoms with Crippen LogP contribution >= 0.6 is 0 Å². The molecule has 2 aromatic rings. The van der Waals surface area contributed by atoms with Gasteiger partial charge in [0.05, 0.1) is 6.54 Å². The first-order chi connectivity index (χ1) is 9.15. The normalized spacial score (nSPS) is 10.4. The van der Waals surface area contributed by atoms with Gasteiger partial charge in [-0.2, -0.15) is 5.10 Å². The lowest BCUT2D eigenvalue weighted by Gasteiger charge is -2.15. The molecule has 0 saturated heterocycles. The maximum atomic E-state index is 12.0. The van der Waals surface area contributed by atoms with E-state index < -0.39 is 0 Å². The van der Waals surface area contributed by atoms with Crippen LogP contribution in [0.25, 0.3) is 0 Å². The second kappa shape index (κ2) is 6.13. The van der Waals surface area contributed by atoms with Gasteiger partial charge in [-0.15, -0.1) is 0 Å². The van der Waals surface area contributed by atoms with Crippen molar-refractivity contribution in [3.05, 3.63) is 47.5 Å². The minimum Gasteiger partial charge on any atom is -0.338 e. The zero-order chi connectivity index (χ0) is 13.7. The van der Waals surface area contributed by atoms with Gasteiger partial charge in [-0.3, -0.25) is 9.89 Å². The van der Waals surface area contributed by atoms with E-state index in [0.717, 1.165) is 6.42 Å². The van der Waals surface area contributed by atoms with Gasteiger partial charge in [0.15, 0.2) is 0 Å². The van der Waals surface area contributed by atoms with Crippen molar-refractivity contribution in [2.24, 2.45) is 0 Å². The third-order valence-electron chi connectivity index (χ3n) is 3.03. The summed E-state index contributed by atoms with van der Waals surface area (Å²) in [6.07, 6.45) is 2.72. The Morgan fingerprint density at radius 2 is 2.05 bits per heavy atom. The Labute approximate surface area is 112 Å². The number of nitrogens with one attached hydrogen (secondary N) is 1. The molecule has 0 unspecified atom stereocenters.